The molecular weight excluding hydrogens is 102 g/mol. The average Bonchev–Trinajstić information content (AvgIpc) is 2.06. The zero-order valence-electron chi connectivity index (χ0n) is 2.87. The van der Waals surface area contributed by atoms with E-state index in [4.69, 9.17) is 4.55 Å². The van der Waals surface area contributed by atoms with E-state index in [1.165, 1.54) is 16.7 Å². The van der Waals surface area contributed by atoms with E-state index in [-0.39, 0.29) is 0 Å². The number of rotatable bonds is 1. The Morgan fingerprint density at radius 1 is 1.67 bits per heavy atom. The molecule has 34 valence electrons. The molecule has 0 saturated heterocycles. The predicted molar refractivity (Wildman–Crippen MR) is 21.8 cm³/mol. The maximum absolute atomic E-state index is 9.74. The lowest BCUT2D eigenvalue weighted by atomic mass is 11.3. The highest BCUT2D eigenvalue weighted by Gasteiger charge is 2.09. The molecule has 1 aliphatic heterocycles. The van der Waals surface area contributed by atoms with Crippen molar-refractivity contribution in [1.82, 2.24) is 4.31 Å². The van der Waals surface area contributed by atoms with Gasteiger partial charge in [0.1, 0.15) is 0 Å². The van der Waals surface area contributed by atoms with Crippen LogP contribution in [0.4, 0.5) is 0 Å². The maximum Gasteiger partial charge on any atom is 0.265 e. The van der Waals surface area contributed by atoms with Crippen LogP contribution in [0.25, 0.3) is 0 Å². The second-order valence-corrected chi connectivity index (χ2v) is 1.77. The van der Waals surface area contributed by atoms with Gasteiger partial charge in [0.25, 0.3) is 11.3 Å². The molecule has 6 heavy (non-hydrogen) atoms. The quantitative estimate of drug-likeness (QED) is 0.473. The standard InChI is InChI=1S/C2H3NO2S/c4-6(5)3-1-2-3/h1-2H,(H,4,5). The Morgan fingerprint density at radius 3 is 2.17 bits per heavy atom. The minimum atomic E-state index is -1.78. The molecule has 0 bridgehead atoms. The Labute approximate surface area is 37.7 Å². The van der Waals surface area contributed by atoms with Crippen LogP contribution in [0.3, 0.4) is 0 Å². The van der Waals surface area contributed by atoms with Gasteiger partial charge in [-0.3, -0.25) is 4.55 Å². The summed E-state index contributed by atoms with van der Waals surface area (Å²) < 4.78 is 19.0. The zero-order chi connectivity index (χ0) is 4.57. The van der Waals surface area contributed by atoms with Gasteiger partial charge >= 0.3 is 0 Å². The van der Waals surface area contributed by atoms with E-state index in [2.05, 4.69) is 0 Å². The maximum atomic E-state index is 9.74. The molecule has 4 heteroatoms. The number of hydrogen-bond acceptors (Lipinski definition) is 1. The molecule has 0 fully saturated rings. The highest BCUT2D eigenvalue weighted by molar-refractivity contribution is 7.77. The van der Waals surface area contributed by atoms with Crippen molar-refractivity contribution in [3.63, 3.8) is 0 Å². The van der Waals surface area contributed by atoms with Crippen molar-refractivity contribution in [2.75, 3.05) is 0 Å². The molecule has 1 aliphatic rings. The van der Waals surface area contributed by atoms with Gasteiger partial charge in [0.05, 0.1) is 0 Å². The van der Waals surface area contributed by atoms with Crippen LogP contribution in [-0.4, -0.2) is 13.1 Å². The van der Waals surface area contributed by atoms with Crippen molar-refractivity contribution in [3.05, 3.63) is 12.4 Å². The van der Waals surface area contributed by atoms with Crippen molar-refractivity contribution in [1.29, 1.82) is 0 Å². The molecule has 0 saturated carbocycles. The lowest BCUT2D eigenvalue weighted by Crippen LogP contribution is -1.97. The van der Waals surface area contributed by atoms with E-state index in [9.17, 15) is 4.21 Å². The fraction of sp³-hybridized carbons (Fsp3) is 0. The van der Waals surface area contributed by atoms with Gasteiger partial charge < -0.3 is 0 Å². The second-order valence-electron chi connectivity index (χ2n) is 0.889. The molecule has 0 radical (unpaired) electrons. The summed E-state index contributed by atoms with van der Waals surface area (Å²) in [5.41, 5.74) is 0. The first-order valence-corrected chi connectivity index (χ1v) is 2.45. The first-order chi connectivity index (χ1) is 2.80. The van der Waals surface area contributed by atoms with Crippen LogP contribution in [0.1, 0.15) is 0 Å². The van der Waals surface area contributed by atoms with Crippen LogP contribution in [-0.2, 0) is 11.3 Å². The van der Waals surface area contributed by atoms with Gasteiger partial charge in [0.15, 0.2) is 0 Å². The summed E-state index contributed by atoms with van der Waals surface area (Å²) >= 11 is -1.78. The van der Waals surface area contributed by atoms with E-state index in [0.29, 0.717) is 0 Å². The smallest absolute Gasteiger partial charge is 0.265 e. The normalized spacial score (nSPS) is 21.2. The molecule has 0 aliphatic carbocycles. The van der Waals surface area contributed by atoms with E-state index in [1.807, 2.05) is 0 Å². The van der Waals surface area contributed by atoms with Crippen LogP contribution >= 0.6 is 0 Å². The highest BCUT2D eigenvalue weighted by atomic mass is 32.2. The first-order valence-electron chi connectivity index (χ1n) is 1.38. The third kappa shape index (κ3) is 0.580. The van der Waals surface area contributed by atoms with Crippen LogP contribution in [0.5, 0.6) is 0 Å². The Morgan fingerprint density at radius 2 is 2.17 bits per heavy atom. The summed E-state index contributed by atoms with van der Waals surface area (Å²) in [4.78, 5) is 0. The van der Waals surface area contributed by atoms with E-state index < -0.39 is 11.3 Å². The fourth-order valence-corrected chi connectivity index (χ4v) is 0.394. The number of nitrogens with zero attached hydrogens (tertiary/aromatic N) is 1. The zero-order valence-corrected chi connectivity index (χ0v) is 3.68. The first kappa shape index (κ1) is 3.83. The third-order valence-corrected chi connectivity index (χ3v) is 1.06. The van der Waals surface area contributed by atoms with Gasteiger partial charge in [-0.1, -0.05) is 0 Å². The molecule has 0 aromatic heterocycles. The molecule has 1 heterocycles. The molecule has 1 atom stereocenters. The summed E-state index contributed by atoms with van der Waals surface area (Å²) in [6.07, 6.45) is 3.05. The van der Waals surface area contributed by atoms with Crippen LogP contribution in [0.2, 0.25) is 0 Å². The molecule has 1 unspecified atom stereocenters. The topological polar surface area (TPSA) is 40.3 Å². The molecule has 0 aromatic carbocycles. The van der Waals surface area contributed by atoms with Gasteiger partial charge in [-0.05, 0) is 0 Å². The predicted octanol–water partition coefficient (Wildman–Crippen LogP) is -0.0901. The SMILES string of the molecule is O=S(O)N1C=C1. The Hall–Kier alpha value is -0.350. The monoisotopic (exact) mass is 105 g/mol. The molecule has 0 amide bonds. The van der Waals surface area contributed by atoms with Crippen LogP contribution in [0.15, 0.2) is 12.4 Å². The third-order valence-electron chi connectivity index (χ3n) is 0.451. The summed E-state index contributed by atoms with van der Waals surface area (Å²) in [5.74, 6) is 0. The fourth-order valence-electron chi connectivity index (χ4n) is 0.131. The molecular formula is C2H3NO2S. The van der Waals surface area contributed by atoms with Gasteiger partial charge in [-0.2, -0.15) is 0 Å². The largest absolute Gasteiger partial charge is 0.289 e. The average molecular weight is 105 g/mol. The lowest BCUT2D eigenvalue weighted by Gasteiger charge is -1.86. The highest BCUT2D eigenvalue weighted by Crippen LogP contribution is 2.06. The van der Waals surface area contributed by atoms with Crippen molar-refractivity contribution in [3.8, 4) is 0 Å². The van der Waals surface area contributed by atoms with Crippen molar-refractivity contribution >= 4 is 11.3 Å². The van der Waals surface area contributed by atoms with E-state index in [1.54, 1.807) is 0 Å². The Bertz CT molecular complexity index is 104. The molecule has 3 nitrogen and oxygen atoms in total. The lowest BCUT2D eigenvalue weighted by molar-refractivity contribution is 0.536. The van der Waals surface area contributed by atoms with Gasteiger partial charge in [0.2, 0.25) is 0 Å². The summed E-state index contributed by atoms with van der Waals surface area (Å²) in [5, 5.41) is 0. The van der Waals surface area contributed by atoms with Crippen molar-refractivity contribution < 1.29 is 8.76 Å². The minimum Gasteiger partial charge on any atom is -0.289 e. The van der Waals surface area contributed by atoms with Gasteiger partial charge in [-0.15, -0.1) is 0 Å². The van der Waals surface area contributed by atoms with Crippen LogP contribution < -0.4 is 0 Å². The van der Waals surface area contributed by atoms with Gasteiger partial charge in [0, 0.05) is 12.4 Å². The molecule has 1 N–H and O–H groups in total. The Balaban J connectivity index is 2.35. The summed E-state index contributed by atoms with van der Waals surface area (Å²) in [7, 11) is 0. The van der Waals surface area contributed by atoms with Crippen molar-refractivity contribution in [2.45, 2.75) is 0 Å². The van der Waals surface area contributed by atoms with Crippen molar-refractivity contribution in [2.24, 2.45) is 0 Å². The molecule has 1 rings (SSSR count). The molecule has 0 aromatic rings. The van der Waals surface area contributed by atoms with E-state index >= 15 is 0 Å². The molecule has 0 spiro atoms. The summed E-state index contributed by atoms with van der Waals surface area (Å²) in [6, 6.07) is 0. The van der Waals surface area contributed by atoms with E-state index in [0.717, 1.165) is 0 Å². The Kier molecular flexibility index (Phi) is 0.675. The number of hydrogen-bond donors (Lipinski definition) is 1. The minimum absolute atomic E-state index is 1.19. The summed E-state index contributed by atoms with van der Waals surface area (Å²) in [6.45, 7) is 0. The van der Waals surface area contributed by atoms with Crippen LogP contribution in [0, 0.1) is 0 Å². The second kappa shape index (κ2) is 1.06. The van der Waals surface area contributed by atoms with Gasteiger partial charge in [-0.25, -0.2) is 8.51 Å².